The van der Waals surface area contributed by atoms with Gasteiger partial charge in [-0.2, -0.15) is 0 Å². The van der Waals surface area contributed by atoms with Crippen LogP contribution in [0.5, 0.6) is 0 Å². The first-order valence-electron chi connectivity index (χ1n) is 11.0. The maximum atomic E-state index is 13.2. The van der Waals surface area contributed by atoms with Crippen molar-refractivity contribution in [2.24, 2.45) is 0 Å². The second-order valence-corrected chi connectivity index (χ2v) is 10.2. The van der Waals surface area contributed by atoms with E-state index in [1.165, 1.54) is 4.90 Å². The monoisotopic (exact) mass is 472 g/mol. The Kier molecular flexibility index (Phi) is 7.73. The van der Waals surface area contributed by atoms with Gasteiger partial charge in [-0.3, -0.25) is 19.4 Å². The molecule has 2 aliphatic rings. The lowest BCUT2D eigenvalue weighted by molar-refractivity contribution is -0.121. The predicted octanol–water partition coefficient (Wildman–Crippen LogP) is 3.81. The van der Waals surface area contributed by atoms with Crippen molar-refractivity contribution >= 4 is 46.6 Å². The molecule has 0 aliphatic carbocycles. The summed E-state index contributed by atoms with van der Waals surface area (Å²) in [6.45, 7) is 6.76. The third kappa shape index (κ3) is 5.84. The molecule has 2 aliphatic heterocycles. The minimum Gasteiger partial charge on any atom is -0.324 e. The number of carbonyl (C=O) groups is 2. The second kappa shape index (κ2) is 10.7. The summed E-state index contributed by atoms with van der Waals surface area (Å²) < 4.78 is 0. The molecular formula is C24H29ClN4O2S. The molecular weight excluding hydrogens is 444 g/mol. The molecule has 32 heavy (non-hydrogen) atoms. The summed E-state index contributed by atoms with van der Waals surface area (Å²) >= 11 is 7.97. The van der Waals surface area contributed by atoms with Gasteiger partial charge in [-0.25, -0.2) is 0 Å². The van der Waals surface area contributed by atoms with Crippen LogP contribution in [0.2, 0.25) is 5.02 Å². The van der Waals surface area contributed by atoms with Gasteiger partial charge in [-0.1, -0.05) is 42.8 Å². The van der Waals surface area contributed by atoms with E-state index in [1.54, 1.807) is 12.1 Å². The van der Waals surface area contributed by atoms with Crippen LogP contribution in [-0.4, -0.2) is 72.7 Å². The van der Waals surface area contributed by atoms with E-state index in [0.717, 1.165) is 44.8 Å². The molecule has 2 heterocycles. The van der Waals surface area contributed by atoms with Crippen molar-refractivity contribution in [2.75, 3.05) is 56.0 Å². The van der Waals surface area contributed by atoms with Gasteiger partial charge in [0.15, 0.2) is 0 Å². The molecule has 0 radical (unpaired) electrons. The first kappa shape index (κ1) is 23.1. The van der Waals surface area contributed by atoms with Gasteiger partial charge in [-0.15, -0.1) is 11.8 Å². The standard InChI is InChI=1S/C24H29ClN4O2S/c1-18-10-11-29(21-8-4-5-9-22(21)32-18)24(31)17-28-14-12-27(13-15-28)16-23(30)26-20-7-3-2-6-19(20)25/h2-9,18H,10-17H2,1H3,(H,26,30)/t18-/m0/s1. The lowest BCUT2D eigenvalue weighted by Crippen LogP contribution is -2.51. The normalized spacial score (nSPS) is 19.8. The molecule has 1 fully saturated rings. The molecule has 2 aromatic rings. The molecule has 8 heteroatoms. The van der Waals surface area contributed by atoms with Crippen molar-refractivity contribution in [3.63, 3.8) is 0 Å². The van der Waals surface area contributed by atoms with E-state index in [0.29, 0.717) is 29.0 Å². The first-order chi connectivity index (χ1) is 15.5. The minimum absolute atomic E-state index is 0.0737. The van der Waals surface area contributed by atoms with Gasteiger partial charge in [0, 0.05) is 42.9 Å². The number of amides is 2. The van der Waals surface area contributed by atoms with Crippen LogP contribution in [0, 0.1) is 0 Å². The smallest absolute Gasteiger partial charge is 0.241 e. The van der Waals surface area contributed by atoms with Crippen LogP contribution < -0.4 is 10.2 Å². The molecule has 0 aromatic heterocycles. The summed E-state index contributed by atoms with van der Waals surface area (Å²) in [5.41, 5.74) is 1.66. The highest BCUT2D eigenvalue weighted by atomic mass is 35.5. The fourth-order valence-electron chi connectivity index (χ4n) is 4.08. The van der Waals surface area contributed by atoms with Crippen LogP contribution in [0.1, 0.15) is 13.3 Å². The van der Waals surface area contributed by atoms with Crippen molar-refractivity contribution in [2.45, 2.75) is 23.5 Å². The van der Waals surface area contributed by atoms with Crippen LogP contribution >= 0.6 is 23.4 Å². The van der Waals surface area contributed by atoms with E-state index < -0.39 is 0 Å². The SMILES string of the molecule is C[C@H]1CCN(C(=O)CN2CCN(CC(=O)Nc3ccccc3Cl)CC2)c2ccccc2S1. The highest BCUT2D eigenvalue weighted by Gasteiger charge is 2.27. The number of carbonyl (C=O) groups excluding carboxylic acids is 2. The molecule has 170 valence electrons. The van der Waals surface area contributed by atoms with E-state index in [2.05, 4.69) is 28.1 Å². The quantitative estimate of drug-likeness (QED) is 0.717. The zero-order chi connectivity index (χ0) is 22.5. The van der Waals surface area contributed by atoms with Gasteiger partial charge < -0.3 is 10.2 Å². The van der Waals surface area contributed by atoms with Gasteiger partial charge in [0.1, 0.15) is 0 Å². The molecule has 4 rings (SSSR count). The molecule has 6 nitrogen and oxygen atoms in total. The van der Waals surface area contributed by atoms with Gasteiger partial charge in [0.2, 0.25) is 11.8 Å². The third-order valence-electron chi connectivity index (χ3n) is 5.88. The van der Waals surface area contributed by atoms with E-state index >= 15 is 0 Å². The maximum absolute atomic E-state index is 13.2. The Morgan fingerprint density at radius 2 is 1.62 bits per heavy atom. The molecule has 2 amide bonds. The van der Waals surface area contributed by atoms with Crippen molar-refractivity contribution in [1.82, 2.24) is 9.80 Å². The lowest BCUT2D eigenvalue weighted by atomic mass is 10.2. The fraction of sp³-hybridized carbons (Fsp3) is 0.417. The predicted molar refractivity (Wildman–Crippen MR) is 132 cm³/mol. The van der Waals surface area contributed by atoms with Crippen molar-refractivity contribution < 1.29 is 9.59 Å². The van der Waals surface area contributed by atoms with E-state index in [1.807, 2.05) is 47.0 Å². The molecule has 0 spiro atoms. The molecule has 0 bridgehead atoms. The fourth-order valence-corrected chi connectivity index (χ4v) is 5.38. The Balaban J connectivity index is 1.27. The number of para-hydroxylation sites is 2. The number of anilines is 2. The molecule has 1 saturated heterocycles. The topological polar surface area (TPSA) is 55.9 Å². The lowest BCUT2D eigenvalue weighted by Gasteiger charge is -2.35. The minimum atomic E-state index is -0.0737. The number of thioether (sulfide) groups is 1. The Labute approximate surface area is 198 Å². The number of fused-ring (bicyclic) bond motifs is 1. The number of piperazine rings is 1. The molecule has 1 atom stereocenters. The van der Waals surface area contributed by atoms with Crippen molar-refractivity contribution in [3.8, 4) is 0 Å². The Morgan fingerprint density at radius 1 is 0.969 bits per heavy atom. The van der Waals surface area contributed by atoms with E-state index in [4.69, 9.17) is 11.6 Å². The van der Waals surface area contributed by atoms with Crippen LogP contribution in [0.3, 0.4) is 0 Å². The number of rotatable bonds is 5. The van der Waals surface area contributed by atoms with E-state index in [-0.39, 0.29) is 11.8 Å². The number of benzene rings is 2. The Bertz CT molecular complexity index is 965. The van der Waals surface area contributed by atoms with Crippen LogP contribution in [0.25, 0.3) is 0 Å². The number of nitrogens with one attached hydrogen (secondary N) is 1. The van der Waals surface area contributed by atoms with E-state index in [9.17, 15) is 9.59 Å². The first-order valence-corrected chi connectivity index (χ1v) is 12.3. The number of halogens is 1. The van der Waals surface area contributed by atoms with Gasteiger partial charge >= 0.3 is 0 Å². The highest BCUT2D eigenvalue weighted by molar-refractivity contribution is 8.00. The van der Waals surface area contributed by atoms with Gasteiger partial charge in [-0.05, 0) is 30.7 Å². The second-order valence-electron chi connectivity index (χ2n) is 8.31. The maximum Gasteiger partial charge on any atom is 0.241 e. The average molecular weight is 473 g/mol. The van der Waals surface area contributed by atoms with Crippen LogP contribution in [-0.2, 0) is 9.59 Å². The molecule has 0 unspecified atom stereocenters. The Morgan fingerprint density at radius 3 is 2.38 bits per heavy atom. The Hall–Kier alpha value is -2.06. The zero-order valence-corrected chi connectivity index (χ0v) is 19.9. The summed E-state index contributed by atoms with van der Waals surface area (Å²) in [5.74, 6) is 0.0764. The van der Waals surface area contributed by atoms with Crippen LogP contribution in [0.4, 0.5) is 11.4 Å². The molecule has 1 N–H and O–H groups in total. The molecule has 2 aromatic carbocycles. The highest BCUT2D eigenvalue weighted by Crippen LogP contribution is 2.37. The van der Waals surface area contributed by atoms with Crippen molar-refractivity contribution in [1.29, 1.82) is 0 Å². The average Bonchev–Trinajstić information content (AvgIpc) is 2.95. The summed E-state index contributed by atoms with van der Waals surface area (Å²) in [5, 5.41) is 3.90. The number of nitrogens with zero attached hydrogens (tertiary/aromatic N) is 3. The third-order valence-corrected chi connectivity index (χ3v) is 7.45. The summed E-state index contributed by atoms with van der Waals surface area (Å²) in [6.07, 6.45) is 0.986. The molecule has 0 saturated carbocycles. The van der Waals surface area contributed by atoms with Crippen LogP contribution in [0.15, 0.2) is 53.4 Å². The van der Waals surface area contributed by atoms with Crippen molar-refractivity contribution in [3.05, 3.63) is 53.6 Å². The summed E-state index contributed by atoms with van der Waals surface area (Å²) in [6, 6.07) is 15.4. The number of hydrogen-bond acceptors (Lipinski definition) is 5. The van der Waals surface area contributed by atoms with Gasteiger partial charge in [0.05, 0.1) is 29.5 Å². The number of hydrogen-bond donors (Lipinski definition) is 1. The van der Waals surface area contributed by atoms with Gasteiger partial charge in [0.25, 0.3) is 0 Å². The zero-order valence-electron chi connectivity index (χ0n) is 18.3. The largest absolute Gasteiger partial charge is 0.324 e. The summed E-state index contributed by atoms with van der Waals surface area (Å²) in [4.78, 5) is 33.0. The summed E-state index contributed by atoms with van der Waals surface area (Å²) in [7, 11) is 0.